The lowest BCUT2D eigenvalue weighted by molar-refractivity contribution is -0.117. The van der Waals surface area contributed by atoms with Crippen molar-refractivity contribution in [1.29, 1.82) is 0 Å². The molecular weight excluding hydrogens is 238 g/mol. The van der Waals surface area contributed by atoms with Gasteiger partial charge >= 0.3 is 0 Å². The maximum Gasteiger partial charge on any atom is 0.200 e. The van der Waals surface area contributed by atoms with Crippen LogP contribution in [-0.4, -0.2) is 10.9 Å². The standard InChI is InChI=1S/C14H12F2O2/c15-13-9(4-5-11(17)14(13)16)10-6-12(18)8-3-1-2-7(8)10/h4-8,17H,1-3H2/t7-,8+/m1/s1. The molecular formula is C14H12F2O2. The largest absolute Gasteiger partial charge is 0.505 e. The van der Waals surface area contributed by atoms with Crippen LogP contribution in [0.25, 0.3) is 5.57 Å². The van der Waals surface area contributed by atoms with E-state index in [4.69, 9.17) is 5.11 Å². The van der Waals surface area contributed by atoms with E-state index in [1.807, 2.05) is 0 Å². The minimum absolute atomic E-state index is 0.0101. The summed E-state index contributed by atoms with van der Waals surface area (Å²) in [4.78, 5) is 11.8. The van der Waals surface area contributed by atoms with E-state index in [1.165, 1.54) is 12.1 Å². The number of halogens is 2. The predicted molar refractivity (Wildman–Crippen MR) is 61.8 cm³/mol. The SMILES string of the molecule is O=C1C=C(c2ccc(O)c(F)c2F)[C@@H]2CCC[C@H]12. The van der Waals surface area contributed by atoms with Crippen LogP contribution < -0.4 is 0 Å². The Morgan fingerprint density at radius 2 is 1.83 bits per heavy atom. The summed E-state index contributed by atoms with van der Waals surface area (Å²) in [5, 5.41) is 9.11. The summed E-state index contributed by atoms with van der Waals surface area (Å²) < 4.78 is 27.2. The monoisotopic (exact) mass is 250 g/mol. The molecule has 0 heterocycles. The molecule has 1 fully saturated rings. The van der Waals surface area contributed by atoms with E-state index in [1.54, 1.807) is 0 Å². The molecule has 1 aromatic rings. The first kappa shape index (κ1) is 11.4. The van der Waals surface area contributed by atoms with E-state index in [-0.39, 0.29) is 23.2 Å². The fourth-order valence-corrected chi connectivity index (χ4v) is 3.08. The van der Waals surface area contributed by atoms with E-state index in [9.17, 15) is 13.6 Å². The third-order valence-corrected chi connectivity index (χ3v) is 3.95. The van der Waals surface area contributed by atoms with E-state index < -0.39 is 17.4 Å². The van der Waals surface area contributed by atoms with Gasteiger partial charge < -0.3 is 5.11 Å². The van der Waals surface area contributed by atoms with E-state index in [2.05, 4.69) is 0 Å². The Labute approximate surface area is 103 Å². The second-order valence-electron chi connectivity index (χ2n) is 4.91. The second kappa shape index (κ2) is 3.90. The minimum atomic E-state index is -1.25. The van der Waals surface area contributed by atoms with Crippen LogP contribution in [0, 0.1) is 23.5 Å². The average Bonchev–Trinajstić information content (AvgIpc) is 2.92. The van der Waals surface area contributed by atoms with Crippen molar-refractivity contribution in [3.05, 3.63) is 35.4 Å². The number of benzene rings is 1. The molecule has 2 aliphatic carbocycles. The number of hydrogen-bond donors (Lipinski definition) is 1. The lowest BCUT2D eigenvalue weighted by Crippen LogP contribution is -2.10. The zero-order valence-corrected chi connectivity index (χ0v) is 9.62. The molecule has 1 saturated carbocycles. The van der Waals surface area contributed by atoms with Gasteiger partial charge in [-0.25, -0.2) is 4.39 Å². The van der Waals surface area contributed by atoms with Crippen molar-refractivity contribution in [2.24, 2.45) is 11.8 Å². The van der Waals surface area contributed by atoms with Gasteiger partial charge in [0.05, 0.1) is 0 Å². The van der Waals surface area contributed by atoms with Crippen LogP contribution in [0.4, 0.5) is 8.78 Å². The molecule has 2 aliphatic rings. The van der Waals surface area contributed by atoms with E-state index >= 15 is 0 Å². The van der Waals surface area contributed by atoms with Gasteiger partial charge in [0.1, 0.15) is 0 Å². The first-order valence-electron chi connectivity index (χ1n) is 6.02. The molecule has 0 amide bonds. The van der Waals surface area contributed by atoms with Crippen LogP contribution >= 0.6 is 0 Å². The highest BCUT2D eigenvalue weighted by Gasteiger charge is 2.40. The van der Waals surface area contributed by atoms with Crippen LogP contribution in [0.1, 0.15) is 24.8 Å². The fourth-order valence-electron chi connectivity index (χ4n) is 3.08. The lowest BCUT2D eigenvalue weighted by Gasteiger charge is -2.14. The molecule has 3 rings (SSSR count). The molecule has 0 bridgehead atoms. The Hall–Kier alpha value is -1.71. The third-order valence-electron chi connectivity index (χ3n) is 3.95. The first-order chi connectivity index (χ1) is 8.59. The molecule has 2 atom stereocenters. The number of rotatable bonds is 1. The number of ketones is 1. The van der Waals surface area contributed by atoms with Gasteiger partial charge in [-0.15, -0.1) is 0 Å². The van der Waals surface area contributed by atoms with Gasteiger partial charge in [-0.3, -0.25) is 4.79 Å². The van der Waals surface area contributed by atoms with Crippen LogP contribution in [0.2, 0.25) is 0 Å². The average molecular weight is 250 g/mol. The topological polar surface area (TPSA) is 37.3 Å². The second-order valence-corrected chi connectivity index (χ2v) is 4.91. The number of phenols is 1. The molecule has 0 aliphatic heterocycles. The number of phenolic OH excluding ortho intramolecular Hbond substituents is 1. The smallest absolute Gasteiger partial charge is 0.200 e. The van der Waals surface area contributed by atoms with Gasteiger partial charge in [0.25, 0.3) is 0 Å². The molecule has 94 valence electrons. The highest BCUT2D eigenvalue weighted by atomic mass is 19.2. The van der Waals surface area contributed by atoms with Gasteiger partial charge in [0.2, 0.25) is 5.82 Å². The van der Waals surface area contributed by atoms with Crippen molar-refractivity contribution in [2.75, 3.05) is 0 Å². The summed E-state index contributed by atoms with van der Waals surface area (Å²) in [7, 11) is 0. The summed E-state index contributed by atoms with van der Waals surface area (Å²) in [5.41, 5.74) is 0.687. The Bertz CT molecular complexity index is 563. The quantitative estimate of drug-likeness (QED) is 0.831. The molecule has 1 aromatic carbocycles. The minimum Gasteiger partial charge on any atom is -0.505 e. The Balaban J connectivity index is 2.09. The summed E-state index contributed by atoms with van der Waals surface area (Å²) in [5.74, 6) is -3.05. The van der Waals surface area contributed by atoms with Gasteiger partial charge in [0.15, 0.2) is 17.3 Å². The maximum absolute atomic E-state index is 13.8. The highest BCUT2D eigenvalue weighted by molar-refractivity contribution is 6.04. The number of carbonyl (C=O) groups is 1. The van der Waals surface area contributed by atoms with Crippen LogP contribution in [0.15, 0.2) is 18.2 Å². The van der Waals surface area contributed by atoms with Crippen molar-refractivity contribution in [2.45, 2.75) is 19.3 Å². The van der Waals surface area contributed by atoms with E-state index in [0.717, 1.165) is 25.3 Å². The van der Waals surface area contributed by atoms with Crippen LogP contribution in [0.3, 0.4) is 0 Å². The highest BCUT2D eigenvalue weighted by Crippen LogP contribution is 2.47. The number of allylic oxidation sites excluding steroid dienone is 2. The Kier molecular flexibility index (Phi) is 2.47. The van der Waals surface area contributed by atoms with Crippen molar-refractivity contribution in [1.82, 2.24) is 0 Å². The number of carbonyl (C=O) groups excluding carboxylic acids is 1. The number of hydrogen-bond acceptors (Lipinski definition) is 2. The van der Waals surface area contributed by atoms with Gasteiger partial charge in [-0.05, 0) is 42.5 Å². The number of fused-ring (bicyclic) bond motifs is 1. The Morgan fingerprint density at radius 3 is 2.61 bits per heavy atom. The normalized spacial score (nSPS) is 26.3. The van der Waals surface area contributed by atoms with E-state index in [0.29, 0.717) is 5.57 Å². The van der Waals surface area contributed by atoms with Crippen molar-refractivity contribution in [3.8, 4) is 5.75 Å². The molecule has 0 radical (unpaired) electrons. The van der Waals surface area contributed by atoms with Crippen molar-refractivity contribution in [3.63, 3.8) is 0 Å². The first-order valence-corrected chi connectivity index (χ1v) is 6.02. The maximum atomic E-state index is 13.8. The number of aromatic hydroxyl groups is 1. The fraction of sp³-hybridized carbons (Fsp3) is 0.357. The lowest BCUT2D eigenvalue weighted by atomic mass is 9.90. The molecule has 0 aromatic heterocycles. The van der Waals surface area contributed by atoms with Gasteiger partial charge in [-0.2, -0.15) is 4.39 Å². The molecule has 4 heteroatoms. The summed E-state index contributed by atoms with van der Waals surface area (Å²) in [6, 6.07) is 2.47. The molecule has 18 heavy (non-hydrogen) atoms. The van der Waals surface area contributed by atoms with Crippen molar-refractivity contribution < 1.29 is 18.7 Å². The third kappa shape index (κ3) is 1.48. The molecule has 2 nitrogen and oxygen atoms in total. The zero-order valence-electron chi connectivity index (χ0n) is 9.62. The molecule has 0 spiro atoms. The Morgan fingerprint density at radius 1 is 1.11 bits per heavy atom. The van der Waals surface area contributed by atoms with Crippen LogP contribution in [0.5, 0.6) is 5.75 Å². The predicted octanol–water partition coefficient (Wildman–Crippen LogP) is 3.05. The van der Waals surface area contributed by atoms with Gasteiger partial charge in [-0.1, -0.05) is 6.42 Å². The summed E-state index contributed by atoms with van der Waals surface area (Å²) in [6.45, 7) is 0. The summed E-state index contributed by atoms with van der Waals surface area (Å²) >= 11 is 0. The molecule has 0 unspecified atom stereocenters. The zero-order chi connectivity index (χ0) is 12.9. The van der Waals surface area contributed by atoms with Crippen molar-refractivity contribution >= 4 is 11.4 Å². The van der Waals surface area contributed by atoms with Crippen LogP contribution in [-0.2, 0) is 4.79 Å². The summed E-state index contributed by atoms with van der Waals surface area (Å²) in [6.07, 6.45) is 4.04. The van der Waals surface area contributed by atoms with Gasteiger partial charge in [0, 0.05) is 11.5 Å². The molecule has 1 N–H and O–H groups in total. The molecule has 0 saturated heterocycles.